The molecule has 29 heavy (non-hydrogen) atoms. The third-order valence-corrected chi connectivity index (χ3v) is 5.97. The molecule has 7 nitrogen and oxygen atoms in total. The van der Waals surface area contributed by atoms with Crippen LogP contribution in [0.4, 0.5) is 5.82 Å². The first-order chi connectivity index (χ1) is 14.2. The highest BCUT2D eigenvalue weighted by Gasteiger charge is 2.28. The van der Waals surface area contributed by atoms with E-state index in [1.807, 2.05) is 29.2 Å². The molecule has 0 unspecified atom stereocenters. The average molecular weight is 388 g/mol. The minimum absolute atomic E-state index is 0.223. The van der Waals surface area contributed by atoms with Crippen molar-refractivity contribution in [1.82, 2.24) is 24.8 Å². The van der Waals surface area contributed by atoms with Gasteiger partial charge in [0.1, 0.15) is 5.69 Å². The molecule has 0 bridgehead atoms. The third-order valence-electron chi connectivity index (χ3n) is 5.97. The summed E-state index contributed by atoms with van der Waals surface area (Å²) < 4.78 is 0. The number of carbonyl (C=O) groups is 1. The number of nitrogens with zero attached hydrogens (tertiary/aromatic N) is 4. The lowest BCUT2D eigenvalue weighted by Gasteiger charge is -2.28. The Morgan fingerprint density at radius 3 is 2.76 bits per heavy atom. The molecule has 7 heteroatoms. The van der Waals surface area contributed by atoms with E-state index >= 15 is 0 Å². The summed E-state index contributed by atoms with van der Waals surface area (Å²) in [5, 5.41) is 0. The van der Waals surface area contributed by atoms with Gasteiger partial charge in [-0.2, -0.15) is 0 Å². The van der Waals surface area contributed by atoms with E-state index in [2.05, 4.69) is 21.0 Å². The molecule has 1 saturated carbocycles. The van der Waals surface area contributed by atoms with Crippen molar-refractivity contribution in [3.05, 3.63) is 42.2 Å². The predicted molar refractivity (Wildman–Crippen MR) is 113 cm³/mol. The Bertz CT molecular complexity index is 1060. The van der Waals surface area contributed by atoms with Crippen LogP contribution in [0.1, 0.15) is 37.8 Å². The Morgan fingerprint density at radius 1 is 1.17 bits per heavy atom. The smallest absolute Gasteiger partial charge is 0.225 e. The van der Waals surface area contributed by atoms with Gasteiger partial charge in [0, 0.05) is 19.0 Å². The monoisotopic (exact) mass is 388 g/mol. The van der Waals surface area contributed by atoms with E-state index in [1.165, 1.54) is 12.8 Å². The van der Waals surface area contributed by atoms with Gasteiger partial charge >= 0.3 is 0 Å². The largest absolute Gasteiger partial charge is 0.382 e. The number of aromatic amines is 1. The van der Waals surface area contributed by atoms with Crippen molar-refractivity contribution in [1.29, 1.82) is 0 Å². The molecule has 2 aliphatic rings. The minimum atomic E-state index is 0.223. The molecule has 1 aliphatic carbocycles. The lowest BCUT2D eigenvalue weighted by molar-refractivity contribution is -0.134. The lowest BCUT2D eigenvalue weighted by atomic mass is 10.0. The summed E-state index contributed by atoms with van der Waals surface area (Å²) in [5.74, 6) is 1.50. The molecule has 2 aromatic heterocycles. The standard InChI is InChI=1S/C22H24N6O/c23-20-19(21-26-16-7-3-4-8-17(16)27-21)25-18(13-24-20)14-9-11-28(12-10-14)22(29)15-5-1-2-6-15/h3-4,7-9,13,15H,1-2,5-6,10-12H2,(H2,23,24)(H,26,27). The number of anilines is 1. The van der Waals surface area contributed by atoms with Crippen LogP contribution in [0.15, 0.2) is 36.5 Å². The molecular weight excluding hydrogens is 364 g/mol. The molecule has 1 aromatic carbocycles. The highest BCUT2D eigenvalue weighted by Crippen LogP contribution is 2.30. The van der Waals surface area contributed by atoms with Gasteiger partial charge in [-0.3, -0.25) is 4.79 Å². The van der Waals surface area contributed by atoms with Crippen LogP contribution in [-0.2, 0) is 4.79 Å². The Labute approximate surface area is 169 Å². The number of aromatic nitrogens is 4. The molecule has 148 valence electrons. The number of amides is 1. The van der Waals surface area contributed by atoms with Gasteiger partial charge in [-0.1, -0.05) is 31.1 Å². The molecule has 5 rings (SSSR count). The van der Waals surface area contributed by atoms with Crippen molar-refractivity contribution in [3.63, 3.8) is 0 Å². The van der Waals surface area contributed by atoms with Crippen molar-refractivity contribution in [2.45, 2.75) is 32.1 Å². The highest BCUT2D eigenvalue weighted by atomic mass is 16.2. The quantitative estimate of drug-likeness (QED) is 0.716. The molecular formula is C22H24N6O. The molecule has 0 spiro atoms. The minimum Gasteiger partial charge on any atom is -0.382 e. The maximum absolute atomic E-state index is 12.7. The van der Waals surface area contributed by atoms with Crippen LogP contribution in [0.3, 0.4) is 0 Å². The number of nitrogens with two attached hydrogens (primary N) is 1. The zero-order chi connectivity index (χ0) is 19.8. The first kappa shape index (κ1) is 17.8. The van der Waals surface area contributed by atoms with Crippen LogP contribution >= 0.6 is 0 Å². The molecule has 1 fully saturated rings. The van der Waals surface area contributed by atoms with E-state index in [4.69, 9.17) is 10.7 Å². The van der Waals surface area contributed by atoms with Gasteiger partial charge in [0.05, 0.1) is 22.9 Å². The van der Waals surface area contributed by atoms with E-state index in [1.54, 1.807) is 6.20 Å². The summed E-state index contributed by atoms with van der Waals surface area (Å²) in [7, 11) is 0. The summed E-state index contributed by atoms with van der Waals surface area (Å²) in [6, 6.07) is 7.83. The number of H-pyrrole nitrogens is 1. The van der Waals surface area contributed by atoms with Crippen LogP contribution in [0, 0.1) is 5.92 Å². The zero-order valence-corrected chi connectivity index (χ0v) is 16.3. The molecule has 1 amide bonds. The Kier molecular flexibility index (Phi) is 4.50. The predicted octanol–water partition coefficient (Wildman–Crippen LogP) is 3.41. The van der Waals surface area contributed by atoms with Crippen LogP contribution < -0.4 is 5.73 Å². The highest BCUT2D eigenvalue weighted by molar-refractivity contribution is 5.82. The molecule has 0 atom stereocenters. The average Bonchev–Trinajstić information content (AvgIpc) is 3.44. The first-order valence-corrected chi connectivity index (χ1v) is 10.2. The van der Waals surface area contributed by atoms with Gasteiger partial charge in [0.25, 0.3) is 0 Å². The van der Waals surface area contributed by atoms with Crippen molar-refractivity contribution < 1.29 is 4.79 Å². The second kappa shape index (κ2) is 7.31. The Hall–Kier alpha value is -3.22. The van der Waals surface area contributed by atoms with Gasteiger partial charge in [-0.15, -0.1) is 0 Å². The third kappa shape index (κ3) is 3.37. The maximum Gasteiger partial charge on any atom is 0.225 e. The van der Waals surface area contributed by atoms with Crippen molar-refractivity contribution in [3.8, 4) is 11.5 Å². The second-order valence-electron chi connectivity index (χ2n) is 7.84. The summed E-state index contributed by atoms with van der Waals surface area (Å²) in [4.78, 5) is 31.6. The number of nitrogen functional groups attached to an aromatic ring is 1. The Balaban J connectivity index is 1.39. The summed E-state index contributed by atoms with van der Waals surface area (Å²) in [6.07, 6.45) is 9.01. The lowest BCUT2D eigenvalue weighted by Crippen LogP contribution is -2.38. The number of fused-ring (bicyclic) bond motifs is 1. The number of carbonyl (C=O) groups excluding carboxylic acids is 1. The number of para-hydroxylation sites is 2. The zero-order valence-electron chi connectivity index (χ0n) is 16.3. The van der Waals surface area contributed by atoms with Crippen molar-refractivity contribution in [2.75, 3.05) is 18.8 Å². The van der Waals surface area contributed by atoms with Crippen molar-refractivity contribution in [2.24, 2.45) is 5.92 Å². The summed E-state index contributed by atoms with van der Waals surface area (Å²) >= 11 is 0. The van der Waals surface area contributed by atoms with Gasteiger partial charge in [-0.05, 0) is 37.0 Å². The number of rotatable bonds is 3. The maximum atomic E-state index is 12.7. The topological polar surface area (TPSA) is 101 Å². The van der Waals surface area contributed by atoms with Crippen LogP contribution in [0.5, 0.6) is 0 Å². The van der Waals surface area contributed by atoms with E-state index in [9.17, 15) is 4.79 Å². The number of benzene rings is 1. The number of nitrogens with one attached hydrogen (secondary N) is 1. The molecule has 3 aromatic rings. The van der Waals surface area contributed by atoms with Gasteiger partial charge in [0.15, 0.2) is 11.6 Å². The van der Waals surface area contributed by atoms with Gasteiger partial charge in [-0.25, -0.2) is 15.0 Å². The van der Waals surface area contributed by atoms with Crippen LogP contribution in [-0.4, -0.2) is 43.8 Å². The van der Waals surface area contributed by atoms with Crippen molar-refractivity contribution >= 4 is 28.3 Å². The fraction of sp³-hybridized carbons (Fsp3) is 0.364. The van der Waals surface area contributed by atoms with E-state index < -0.39 is 0 Å². The van der Waals surface area contributed by atoms with E-state index in [0.717, 1.165) is 48.1 Å². The molecule has 1 aliphatic heterocycles. The summed E-state index contributed by atoms with van der Waals surface area (Å²) in [5.41, 5.74) is 10.4. The van der Waals surface area contributed by atoms with E-state index in [-0.39, 0.29) is 5.92 Å². The van der Waals surface area contributed by atoms with Gasteiger partial charge in [0.2, 0.25) is 5.91 Å². The fourth-order valence-corrected chi connectivity index (χ4v) is 4.33. The molecule has 0 radical (unpaired) electrons. The van der Waals surface area contributed by atoms with Crippen LogP contribution in [0.25, 0.3) is 28.1 Å². The molecule has 0 saturated heterocycles. The van der Waals surface area contributed by atoms with E-state index in [0.29, 0.717) is 29.8 Å². The normalized spacial score (nSPS) is 17.7. The second-order valence-corrected chi connectivity index (χ2v) is 7.84. The summed E-state index contributed by atoms with van der Waals surface area (Å²) in [6.45, 7) is 1.36. The number of hydrogen-bond acceptors (Lipinski definition) is 5. The Morgan fingerprint density at radius 2 is 2.00 bits per heavy atom. The number of imidazole rings is 1. The SMILES string of the molecule is Nc1ncc(C2=CCN(C(=O)C3CCCC3)CC2)nc1-c1nc2ccccc2[nH]1. The number of hydrogen-bond donors (Lipinski definition) is 2. The van der Waals surface area contributed by atoms with Crippen LogP contribution in [0.2, 0.25) is 0 Å². The first-order valence-electron chi connectivity index (χ1n) is 10.2. The molecule has 3 N–H and O–H groups in total. The van der Waals surface area contributed by atoms with Gasteiger partial charge < -0.3 is 15.6 Å². The fourth-order valence-electron chi connectivity index (χ4n) is 4.33. The molecule has 3 heterocycles.